The van der Waals surface area contributed by atoms with Gasteiger partial charge < -0.3 is 4.74 Å². The van der Waals surface area contributed by atoms with Gasteiger partial charge in [0.1, 0.15) is 0 Å². The lowest BCUT2D eigenvalue weighted by Crippen LogP contribution is -2.19. The second kappa shape index (κ2) is 4.46. The minimum absolute atomic E-state index is 0.117. The first kappa shape index (κ1) is 11.8. The van der Waals surface area contributed by atoms with E-state index < -0.39 is 0 Å². The molecule has 0 saturated heterocycles. The number of halogens is 2. The molecule has 0 amide bonds. The lowest BCUT2D eigenvalue weighted by atomic mass is 10.2. The van der Waals surface area contributed by atoms with Crippen LogP contribution in [0.1, 0.15) is 11.3 Å². The molecule has 0 spiro atoms. The van der Waals surface area contributed by atoms with Gasteiger partial charge in [0.25, 0.3) is 5.56 Å². The van der Waals surface area contributed by atoms with Gasteiger partial charge in [-0.1, -0.05) is 23.2 Å². The summed E-state index contributed by atoms with van der Waals surface area (Å²) in [6.45, 7) is 0.976. The Morgan fingerprint density at radius 2 is 2.17 bits per heavy atom. The molecule has 2 heterocycles. The molecule has 1 aromatic heterocycles. The van der Waals surface area contributed by atoms with Crippen molar-refractivity contribution in [3.05, 3.63) is 49.9 Å². The molecule has 18 heavy (non-hydrogen) atoms. The summed E-state index contributed by atoms with van der Waals surface area (Å²) in [5.41, 5.74) is 2.07. The van der Waals surface area contributed by atoms with Crippen molar-refractivity contribution in [2.24, 2.45) is 0 Å². The predicted molar refractivity (Wildman–Crippen MR) is 69.8 cm³/mol. The molecule has 4 nitrogen and oxygen atoms in total. The highest BCUT2D eigenvalue weighted by Gasteiger charge is 2.19. The van der Waals surface area contributed by atoms with E-state index in [-0.39, 0.29) is 5.56 Å². The quantitative estimate of drug-likeness (QED) is 0.875. The minimum atomic E-state index is -0.117. The number of aromatic nitrogens is 2. The summed E-state index contributed by atoms with van der Waals surface area (Å²) in [5, 5.41) is 4.05. The van der Waals surface area contributed by atoms with Crippen LogP contribution < -0.4 is 5.56 Å². The summed E-state index contributed by atoms with van der Waals surface area (Å²) in [6.07, 6.45) is 0.711. The first-order chi connectivity index (χ1) is 8.66. The topological polar surface area (TPSA) is 47.0 Å². The van der Waals surface area contributed by atoms with Crippen LogP contribution in [0.5, 0.6) is 0 Å². The van der Waals surface area contributed by atoms with E-state index in [0.29, 0.717) is 40.9 Å². The summed E-state index contributed by atoms with van der Waals surface area (Å²) in [5.74, 6) is 0. The Bertz CT molecular complexity index is 661. The summed E-state index contributed by atoms with van der Waals surface area (Å²) >= 11 is 11.9. The first-order valence-electron chi connectivity index (χ1n) is 5.53. The maximum absolute atomic E-state index is 12.2. The third-order valence-corrected chi connectivity index (χ3v) is 3.50. The molecule has 0 atom stereocenters. The molecule has 3 rings (SSSR count). The van der Waals surface area contributed by atoms with Crippen molar-refractivity contribution in [3.8, 4) is 5.69 Å². The SMILES string of the molecule is O=c1c2c([nH]n1-c1ccc(Cl)cc1Cl)CCOC2. The van der Waals surface area contributed by atoms with Crippen molar-refractivity contribution in [2.45, 2.75) is 13.0 Å². The van der Waals surface area contributed by atoms with Gasteiger partial charge in [0, 0.05) is 17.1 Å². The summed E-state index contributed by atoms with van der Waals surface area (Å²) in [7, 11) is 0. The monoisotopic (exact) mass is 284 g/mol. The molecule has 0 fully saturated rings. The van der Waals surface area contributed by atoms with E-state index in [0.717, 1.165) is 5.69 Å². The number of aromatic amines is 1. The Hall–Kier alpha value is -1.23. The van der Waals surface area contributed by atoms with Crippen LogP contribution in [0.2, 0.25) is 10.0 Å². The van der Waals surface area contributed by atoms with Crippen LogP contribution in [0.15, 0.2) is 23.0 Å². The van der Waals surface area contributed by atoms with Crippen LogP contribution in [0.3, 0.4) is 0 Å². The van der Waals surface area contributed by atoms with Crippen molar-refractivity contribution >= 4 is 23.2 Å². The summed E-state index contributed by atoms with van der Waals surface area (Å²) in [6, 6.07) is 5.03. The Balaban J connectivity index is 2.17. The van der Waals surface area contributed by atoms with Gasteiger partial charge in [-0.05, 0) is 18.2 Å². The molecule has 1 N–H and O–H groups in total. The van der Waals surface area contributed by atoms with Gasteiger partial charge in [0.2, 0.25) is 0 Å². The lowest BCUT2D eigenvalue weighted by Gasteiger charge is -2.08. The van der Waals surface area contributed by atoms with Gasteiger partial charge in [-0.2, -0.15) is 0 Å². The average Bonchev–Trinajstić information content (AvgIpc) is 2.68. The number of hydrogen-bond acceptors (Lipinski definition) is 2. The fourth-order valence-corrected chi connectivity index (χ4v) is 2.55. The summed E-state index contributed by atoms with van der Waals surface area (Å²) < 4.78 is 6.73. The zero-order valence-electron chi connectivity index (χ0n) is 9.37. The van der Waals surface area contributed by atoms with Crippen LogP contribution >= 0.6 is 23.2 Å². The number of fused-ring (bicyclic) bond motifs is 1. The smallest absolute Gasteiger partial charge is 0.277 e. The standard InChI is InChI=1S/C12H10Cl2N2O2/c13-7-1-2-11(9(14)5-7)16-12(17)8-6-18-4-3-10(8)15-16/h1-2,5,15H,3-4,6H2. The van der Waals surface area contributed by atoms with E-state index in [1.165, 1.54) is 4.68 Å². The van der Waals surface area contributed by atoms with E-state index in [9.17, 15) is 4.79 Å². The Kier molecular flexibility index (Phi) is 2.93. The number of hydrogen-bond donors (Lipinski definition) is 1. The molecule has 1 aliphatic rings. The number of H-pyrrole nitrogens is 1. The third kappa shape index (κ3) is 1.86. The Morgan fingerprint density at radius 3 is 2.89 bits per heavy atom. The largest absolute Gasteiger partial charge is 0.376 e. The Labute approximate surface area is 113 Å². The molecule has 0 bridgehead atoms. The third-order valence-electron chi connectivity index (χ3n) is 2.97. The van der Waals surface area contributed by atoms with Crippen LogP contribution in [0.25, 0.3) is 5.69 Å². The molecular formula is C12H10Cl2N2O2. The van der Waals surface area contributed by atoms with Gasteiger partial charge in [-0.3, -0.25) is 9.89 Å². The molecule has 0 unspecified atom stereocenters. The molecule has 2 aromatic rings. The van der Waals surface area contributed by atoms with Crippen molar-refractivity contribution in [2.75, 3.05) is 6.61 Å². The van der Waals surface area contributed by atoms with Gasteiger partial charge >= 0.3 is 0 Å². The number of benzene rings is 1. The number of nitrogens with zero attached hydrogens (tertiary/aromatic N) is 1. The van der Waals surface area contributed by atoms with E-state index in [1.54, 1.807) is 18.2 Å². The van der Waals surface area contributed by atoms with Crippen LogP contribution in [-0.2, 0) is 17.8 Å². The van der Waals surface area contributed by atoms with E-state index in [1.807, 2.05) is 0 Å². The zero-order chi connectivity index (χ0) is 12.7. The van der Waals surface area contributed by atoms with Crippen LogP contribution in [0.4, 0.5) is 0 Å². The van der Waals surface area contributed by atoms with Gasteiger partial charge in [-0.15, -0.1) is 0 Å². The van der Waals surface area contributed by atoms with Crippen molar-refractivity contribution in [1.29, 1.82) is 0 Å². The molecule has 0 aliphatic carbocycles. The van der Waals surface area contributed by atoms with Crippen molar-refractivity contribution in [3.63, 3.8) is 0 Å². The van der Waals surface area contributed by atoms with Crippen LogP contribution in [-0.4, -0.2) is 16.4 Å². The maximum atomic E-state index is 12.2. The maximum Gasteiger partial charge on any atom is 0.277 e. The minimum Gasteiger partial charge on any atom is -0.376 e. The molecule has 1 aliphatic heterocycles. The predicted octanol–water partition coefficient (Wildman–Crippen LogP) is 2.55. The molecule has 0 saturated carbocycles. The highest BCUT2D eigenvalue weighted by Crippen LogP contribution is 2.24. The molecule has 1 aromatic carbocycles. The number of rotatable bonds is 1. The van der Waals surface area contributed by atoms with E-state index in [2.05, 4.69) is 5.10 Å². The van der Waals surface area contributed by atoms with Gasteiger partial charge in [0.15, 0.2) is 0 Å². The molecular weight excluding hydrogens is 275 g/mol. The molecule has 0 radical (unpaired) electrons. The van der Waals surface area contributed by atoms with E-state index >= 15 is 0 Å². The van der Waals surface area contributed by atoms with Gasteiger partial charge in [-0.25, -0.2) is 4.68 Å². The van der Waals surface area contributed by atoms with Crippen molar-refractivity contribution < 1.29 is 4.74 Å². The normalized spacial score (nSPS) is 14.6. The summed E-state index contributed by atoms with van der Waals surface area (Å²) in [4.78, 5) is 12.2. The Morgan fingerprint density at radius 1 is 1.33 bits per heavy atom. The average molecular weight is 285 g/mol. The molecule has 6 heteroatoms. The van der Waals surface area contributed by atoms with Crippen LogP contribution in [0, 0.1) is 0 Å². The highest BCUT2D eigenvalue weighted by atomic mass is 35.5. The zero-order valence-corrected chi connectivity index (χ0v) is 10.9. The van der Waals surface area contributed by atoms with Gasteiger partial charge in [0.05, 0.1) is 29.5 Å². The highest BCUT2D eigenvalue weighted by molar-refractivity contribution is 6.35. The second-order valence-corrected chi connectivity index (χ2v) is 4.95. The fourth-order valence-electron chi connectivity index (χ4n) is 2.05. The van der Waals surface area contributed by atoms with E-state index in [4.69, 9.17) is 27.9 Å². The second-order valence-electron chi connectivity index (χ2n) is 4.11. The number of nitrogens with one attached hydrogen (secondary N) is 1. The fraction of sp³-hybridized carbons (Fsp3) is 0.250. The van der Waals surface area contributed by atoms with Crippen molar-refractivity contribution in [1.82, 2.24) is 9.78 Å². The first-order valence-corrected chi connectivity index (χ1v) is 6.28. The number of ether oxygens (including phenoxy) is 1. The molecule has 94 valence electrons. The lowest BCUT2D eigenvalue weighted by molar-refractivity contribution is 0.109.